The number of aryl methyl sites for hydroxylation is 1. The molecular formula is C21H17ClN4O. The molecule has 0 radical (unpaired) electrons. The number of halogens is 1. The Kier molecular flexibility index (Phi) is 4.60. The zero-order chi connectivity index (χ0) is 18.8. The van der Waals surface area contributed by atoms with Crippen LogP contribution in [0.4, 0.5) is 0 Å². The van der Waals surface area contributed by atoms with Crippen LogP contribution in [0.1, 0.15) is 21.5 Å². The Morgan fingerprint density at radius 3 is 2.74 bits per heavy atom. The summed E-state index contributed by atoms with van der Waals surface area (Å²) < 4.78 is 1.79. The minimum atomic E-state index is -0.161. The second-order valence-electron chi connectivity index (χ2n) is 6.30. The van der Waals surface area contributed by atoms with Gasteiger partial charge in [-0.1, -0.05) is 41.4 Å². The molecule has 2 aromatic carbocycles. The molecule has 2 aromatic heterocycles. The molecule has 0 unspecified atom stereocenters. The van der Waals surface area contributed by atoms with Crippen LogP contribution < -0.4 is 5.32 Å². The molecule has 4 aromatic rings. The predicted octanol–water partition coefficient (Wildman–Crippen LogP) is 4.31. The molecule has 0 saturated heterocycles. The minimum absolute atomic E-state index is 0.161. The Labute approximate surface area is 161 Å². The van der Waals surface area contributed by atoms with Crippen LogP contribution in [0, 0.1) is 6.92 Å². The highest BCUT2D eigenvalue weighted by molar-refractivity contribution is 6.32. The van der Waals surface area contributed by atoms with Crippen LogP contribution in [0.25, 0.3) is 16.9 Å². The lowest BCUT2D eigenvalue weighted by Crippen LogP contribution is -2.23. The maximum atomic E-state index is 12.6. The van der Waals surface area contributed by atoms with Gasteiger partial charge < -0.3 is 5.32 Å². The van der Waals surface area contributed by atoms with E-state index in [4.69, 9.17) is 11.6 Å². The third-order valence-corrected chi connectivity index (χ3v) is 4.67. The summed E-state index contributed by atoms with van der Waals surface area (Å²) in [5, 5.41) is 3.46. The number of nitrogens with one attached hydrogen (secondary N) is 1. The van der Waals surface area contributed by atoms with Crippen molar-refractivity contribution in [1.29, 1.82) is 0 Å². The van der Waals surface area contributed by atoms with E-state index in [9.17, 15) is 4.79 Å². The van der Waals surface area contributed by atoms with Crippen LogP contribution in [0.15, 0.2) is 67.1 Å². The number of hydrogen-bond acceptors (Lipinski definition) is 3. The summed E-state index contributed by atoms with van der Waals surface area (Å²) in [6.07, 6.45) is 3.36. The summed E-state index contributed by atoms with van der Waals surface area (Å²) >= 11 is 6.37. The first kappa shape index (κ1) is 17.2. The Morgan fingerprint density at radius 2 is 1.93 bits per heavy atom. The standard InChI is InChI=1S/C21H17ClN4O/c1-14-4-6-15(7-5-14)12-24-21(27)16-8-9-17(22)19(11-16)26-13-25-18-3-2-10-23-20(18)26/h2-11,13H,12H2,1H3,(H,24,27). The number of imidazole rings is 1. The molecule has 2 heterocycles. The van der Waals surface area contributed by atoms with Gasteiger partial charge >= 0.3 is 0 Å². The van der Waals surface area contributed by atoms with Crippen molar-refractivity contribution in [2.75, 3.05) is 0 Å². The number of carbonyl (C=O) groups excluding carboxylic acids is 1. The van der Waals surface area contributed by atoms with E-state index in [0.717, 1.165) is 11.1 Å². The summed E-state index contributed by atoms with van der Waals surface area (Å²) in [6.45, 7) is 2.50. The average molecular weight is 377 g/mol. The summed E-state index contributed by atoms with van der Waals surface area (Å²) in [5.41, 5.74) is 4.89. The van der Waals surface area contributed by atoms with Crippen molar-refractivity contribution in [3.63, 3.8) is 0 Å². The van der Waals surface area contributed by atoms with Crippen LogP contribution in [-0.4, -0.2) is 20.4 Å². The smallest absolute Gasteiger partial charge is 0.251 e. The van der Waals surface area contributed by atoms with Crippen LogP contribution in [0.3, 0.4) is 0 Å². The van der Waals surface area contributed by atoms with Crippen molar-refractivity contribution < 1.29 is 4.79 Å². The molecule has 1 N–H and O–H groups in total. The lowest BCUT2D eigenvalue weighted by atomic mass is 10.1. The van der Waals surface area contributed by atoms with E-state index in [-0.39, 0.29) is 5.91 Å². The van der Waals surface area contributed by atoms with Crippen molar-refractivity contribution in [1.82, 2.24) is 19.9 Å². The molecule has 5 nitrogen and oxygen atoms in total. The van der Waals surface area contributed by atoms with Gasteiger partial charge in [0.15, 0.2) is 5.65 Å². The highest BCUT2D eigenvalue weighted by atomic mass is 35.5. The Morgan fingerprint density at radius 1 is 1.11 bits per heavy atom. The molecule has 134 valence electrons. The number of hydrogen-bond donors (Lipinski definition) is 1. The molecule has 0 aliphatic carbocycles. The molecule has 27 heavy (non-hydrogen) atoms. The van der Waals surface area contributed by atoms with Gasteiger partial charge in [-0.25, -0.2) is 9.97 Å². The first-order chi connectivity index (χ1) is 13.1. The van der Waals surface area contributed by atoms with Gasteiger partial charge in [-0.2, -0.15) is 0 Å². The highest BCUT2D eigenvalue weighted by Crippen LogP contribution is 2.25. The fourth-order valence-electron chi connectivity index (χ4n) is 2.85. The van der Waals surface area contributed by atoms with E-state index in [1.807, 2.05) is 43.3 Å². The molecule has 4 rings (SSSR count). The van der Waals surface area contributed by atoms with Crippen molar-refractivity contribution >= 4 is 28.7 Å². The zero-order valence-electron chi connectivity index (χ0n) is 14.7. The molecule has 0 aliphatic rings. The monoisotopic (exact) mass is 376 g/mol. The number of carbonyl (C=O) groups is 1. The van der Waals surface area contributed by atoms with Gasteiger partial charge in [-0.3, -0.25) is 9.36 Å². The maximum Gasteiger partial charge on any atom is 0.251 e. The van der Waals surface area contributed by atoms with Gasteiger partial charge in [0.05, 0.1) is 10.7 Å². The Balaban J connectivity index is 1.60. The van der Waals surface area contributed by atoms with Gasteiger partial charge in [0.25, 0.3) is 5.91 Å². The van der Waals surface area contributed by atoms with Gasteiger partial charge in [0.1, 0.15) is 11.8 Å². The van der Waals surface area contributed by atoms with E-state index < -0.39 is 0 Å². The summed E-state index contributed by atoms with van der Waals surface area (Å²) in [4.78, 5) is 21.3. The molecule has 1 amide bonds. The number of nitrogens with zero attached hydrogens (tertiary/aromatic N) is 3. The van der Waals surface area contributed by atoms with Gasteiger partial charge in [0.2, 0.25) is 0 Å². The van der Waals surface area contributed by atoms with E-state index >= 15 is 0 Å². The van der Waals surface area contributed by atoms with Crippen molar-refractivity contribution in [3.8, 4) is 5.69 Å². The molecule has 6 heteroatoms. The zero-order valence-corrected chi connectivity index (χ0v) is 15.4. The number of amides is 1. The largest absolute Gasteiger partial charge is 0.348 e. The van der Waals surface area contributed by atoms with E-state index in [1.54, 1.807) is 35.3 Å². The van der Waals surface area contributed by atoms with Crippen LogP contribution in [0.5, 0.6) is 0 Å². The second-order valence-corrected chi connectivity index (χ2v) is 6.70. The minimum Gasteiger partial charge on any atom is -0.348 e. The lowest BCUT2D eigenvalue weighted by molar-refractivity contribution is 0.0951. The number of benzene rings is 2. The summed E-state index contributed by atoms with van der Waals surface area (Å²) in [7, 11) is 0. The van der Waals surface area contributed by atoms with E-state index in [2.05, 4.69) is 15.3 Å². The third kappa shape index (κ3) is 3.55. The van der Waals surface area contributed by atoms with Crippen LogP contribution in [0.2, 0.25) is 5.02 Å². The first-order valence-electron chi connectivity index (χ1n) is 8.53. The molecule has 0 aliphatic heterocycles. The number of fused-ring (bicyclic) bond motifs is 1. The molecule has 0 saturated carbocycles. The second kappa shape index (κ2) is 7.21. The molecule has 0 spiro atoms. The summed E-state index contributed by atoms with van der Waals surface area (Å²) in [5.74, 6) is -0.161. The quantitative estimate of drug-likeness (QED) is 0.577. The number of pyridine rings is 1. The van der Waals surface area contributed by atoms with Crippen LogP contribution >= 0.6 is 11.6 Å². The maximum absolute atomic E-state index is 12.6. The van der Waals surface area contributed by atoms with Crippen LogP contribution in [-0.2, 0) is 6.54 Å². The number of aromatic nitrogens is 3. The van der Waals surface area contributed by atoms with Crippen molar-refractivity contribution in [2.24, 2.45) is 0 Å². The van der Waals surface area contributed by atoms with E-state index in [0.29, 0.717) is 28.5 Å². The SMILES string of the molecule is Cc1ccc(CNC(=O)c2ccc(Cl)c(-n3cnc4cccnc43)c2)cc1. The number of rotatable bonds is 4. The van der Waals surface area contributed by atoms with E-state index in [1.165, 1.54) is 5.56 Å². The molecule has 0 atom stereocenters. The van der Waals surface area contributed by atoms with Crippen molar-refractivity contribution in [3.05, 3.63) is 88.8 Å². The predicted molar refractivity (Wildman–Crippen MR) is 106 cm³/mol. The molecule has 0 bridgehead atoms. The van der Waals surface area contributed by atoms with Crippen molar-refractivity contribution in [2.45, 2.75) is 13.5 Å². The fraction of sp³-hybridized carbons (Fsp3) is 0.0952. The Bertz CT molecular complexity index is 1120. The molecular weight excluding hydrogens is 360 g/mol. The normalized spacial score (nSPS) is 10.9. The highest BCUT2D eigenvalue weighted by Gasteiger charge is 2.13. The van der Waals surface area contributed by atoms with Gasteiger partial charge in [-0.05, 0) is 42.8 Å². The fourth-order valence-corrected chi connectivity index (χ4v) is 3.06. The first-order valence-corrected chi connectivity index (χ1v) is 8.91. The Hall–Kier alpha value is -3.18. The lowest BCUT2D eigenvalue weighted by Gasteiger charge is -2.10. The van der Waals surface area contributed by atoms with Gasteiger partial charge in [0, 0.05) is 18.3 Å². The third-order valence-electron chi connectivity index (χ3n) is 4.35. The molecule has 0 fully saturated rings. The van der Waals surface area contributed by atoms with Gasteiger partial charge in [-0.15, -0.1) is 0 Å². The average Bonchev–Trinajstić information content (AvgIpc) is 3.12. The summed E-state index contributed by atoms with van der Waals surface area (Å²) in [6, 6.07) is 17.0. The topological polar surface area (TPSA) is 59.8 Å².